The summed E-state index contributed by atoms with van der Waals surface area (Å²) in [5, 5.41) is 0. The van der Waals surface area contributed by atoms with Crippen molar-refractivity contribution in [2.75, 3.05) is 0 Å². The molecule has 0 bridgehead atoms. The van der Waals surface area contributed by atoms with E-state index in [9.17, 15) is 0 Å². The van der Waals surface area contributed by atoms with Gasteiger partial charge in [-0.2, -0.15) is 0 Å². The zero-order valence-corrected chi connectivity index (χ0v) is 10.0. The second-order valence-electron chi connectivity index (χ2n) is 5.32. The minimum atomic E-state index is -0.0583. The molecule has 1 aromatic carbocycles. The highest BCUT2D eigenvalue weighted by Gasteiger charge is 2.35. The van der Waals surface area contributed by atoms with E-state index < -0.39 is 0 Å². The molecule has 1 aromatic rings. The van der Waals surface area contributed by atoms with Gasteiger partial charge < -0.3 is 5.73 Å². The molecule has 2 N–H and O–H groups in total. The molecule has 0 saturated heterocycles. The molecule has 15 heavy (non-hydrogen) atoms. The summed E-state index contributed by atoms with van der Waals surface area (Å²) < 4.78 is 0. The van der Waals surface area contributed by atoms with Gasteiger partial charge in [-0.05, 0) is 50.2 Å². The van der Waals surface area contributed by atoms with E-state index in [4.69, 9.17) is 5.73 Å². The van der Waals surface area contributed by atoms with E-state index in [0.717, 1.165) is 18.8 Å². The molecule has 0 radical (unpaired) electrons. The lowest BCUT2D eigenvalue weighted by Crippen LogP contribution is -2.34. The molecule has 2 unspecified atom stereocenters. The first-order valence-electron chi connectivity index (χ1n) is 5.88. The number of hydrogen-bond acceptors (Lipinski definition) is 1. The molecule has 1 fully saturated rings. The van der Waals surface area contributed by atoms with Crippen molar-refractivity contribution in [3.8, 4) is 0 Å². The summed E-state index contributed by atoms with van der Waals surface area (Å²) in [6.45, 7) is 6.62. The van der Waals surface area contributed by atoms with Crippen LogP contribution >= 0.6 is 0 Å². The highest BCUT2D eigenvalue weighted by molar-refractivity contribution is 5.36. The van der Waals surface area contributed by atoms with Gasteiger partial charge in [-0.25, -0.2) is 0 Å². The summed E-state index contributed by atoms with van der Waals surface area (Å²) in [7, 11) is 0. The van der Waals surface area contributed by atoms with Gasteiger partial charge in [-0.3, -0.25) is 0 Å². The van der Waals surface area contributed by atoms with Gasteiger partial charge in [-0.15, -0.1) is 0 Å². The first-order chi connectivity index (χ1) is 7.01. The standard InChI is InChI=1S/C14H21N/c1-10-4-5-13(12(3)8-10)14(15)7-6-11(2)9-14/h4-5,8,11H,6-7,9,15H2,1-3H3. The Labute approximate surface area is 92.7 Å². The van der Waals surface area contributed by atoms with E-state index in [1.54, 1.807) is 0 Å². The molecule has 1 saturated carbocycles. The van der Waals surface area contributed by atoms with E-state index >= 15 is 0 Å². The van der Waals surface area contributed by atoms with Crippen LogP contribution in [-0.4, -0.2) is 0 Å². The quantitative estimate of drug-likeness (QED) is 0.744. The Morgan fingerprint density at radius 3 is 2.60 bits per heavy atom. The SMILES string of the molecule is Cc1ccc(C2(N)CCC(C)C2)c(C)c1. The molecule has 0 amide bonds. The number of hydrogen-bond donors (Lipinski definition) is 1. The summed E-state index contributed by atoms with van der Waals surface area (Å²) >= 11 is 0. The van der Waals surface area contributed by atoms with Gasteiger partial charge in [0, 0.05) is 5.54 Å². The fraction of sp³-hybridized carbons (Fsp3) is 0.571. The molecule has 82 valence electrons. The minimum Gasteiger partial charge on any atom is -0.321 e. The zero-order chi connectivity index (χ0) is 11.1. The summed E-state index contributed by atoms with van der Waals surface area (Å²) in [6.07, 6.45) is 3.54. The number of benzene rings is 1. The van der Waals surface area contributed by atoms with E-state index in [2.05, 4.69) is 39.0 Å². The highest BCUT2D eigenvalue weighted by atomic mass is 14.8. The Kier molecular flexibility index (Phi) is 2.59. The van der Waals surface area contributed by atoms with Crippen LogP contribution in [0.5, 0.6) is 0 Å². The highest BCUT2D eigenvalue weighted by Crippen LogP contribution is 2.40. The number of rotatable bonds is 1. The molecule has 1 nitrogen and oxygen atoms in total. The van der Waals surface area contributed by atoms with Crippen molar-refractivity contribution < 1.29 is 0 Å². The second kappa shape index (κ2) is 3.64. The Morgan fingerprint density at radius 1 is 1.33 bits per heavy atom. The molecule has 2 atom stereocenters. The average molecular weight is 203 g/mol. The van der Waals surface area contributed by atoms with Crippen LogP contribution in [0.4, 0.5) is 0 Å². The van der Waals surface area contributed by atoms with Crippen molar-refractivity contribution in [2.24, 2.45) is 11.7 Å². The fourth-order valence-corrected chi connectivity index (χ4v) is 2.95. The van der Waals surface area contributed by atoms with Crippen molar-refractivity contribution >= 4 is 0 Å². The van der Waals surface area contributed by atoms with Gasteiger partial charge in [-0.1, -0.05) is 30.7 Å². The van der Waals surface area contributed by atoms with Crippen molar-refractivity contribution in [3.05, 3.63) is 34.9 Å². The molecule has 0 aliphatic heterocycles. The third-order valence-corrected chi connectivity index (χ3v) is 3.71. The number of aryl methyl sites for hydroxylation is 2. The van der Waals surface area contributed by atoms with Crippen molar-refractivity contribution in [1.82, 2.24) is 0 Å². The van der Waals surface area contributed by atoms with Crippen LogP contribution in [0.1, 0.15) is 42.9 Å². The molecule has 0 spiro atoms. The lowest BCUT2D eigenvalue weighted by Gasteiger charge is -2.27. The number of nitrogens with two attached hydrogens (primary N) is 1. The largest absolute Gasteiger partial charge is 0.321 e. The Bertz CT molecular complexity index is 370. The van der Waals surface area contributed by atoms with Crippen LogP contribution in [0, 0.1) is 19.8 Å². The van der Waals surface area contributed by atoms with Crippen molar-refractivity contribution in [1.29, 1.82) is 0 Å². The van der Waals surface area contributed by atoms with E-state index in [1.165, 1.54) is 23.1 Å². The smallest absolute Gasteiger partial charge is 0.0414 e. The molecule has 1 aliphatic carbocycles. The van der Waals surface area contributed by atoms with E-state index in [1.807, 2.05) is 0 Å². The Hall–Kier alpha value is -0.820. The minimum absolute atomic E-state index is 0.0583. The monoisotopic (exact) mass is 203 g/mol. The van der Waals surface area contributed by atoms with Gasteiger partial charge in [0.05, 0.1) is 0 Å². The van der Waals surface area contributed by atoms with Gasteiger partial charge in [0.1, 0.15) is 0 Å². The maximum absolute atomic E-state index is 6.52. The topological polar surface area (TPSA) is 26.0 Å². The normalized spacial score (nSPS) is 30.8. The third-order valence-electron chi connectivity index (χ3n) is 3.71. The molecule has 1 heteroatoms. The molecular weight excluding hydrogens is 182 g/mol. The van der Waals surface area contributed by atoms with Crippen LogP contribution in [0.25, 0.3) is 0 Å². The van der Waals surface area contributed by atoms with Crippen LogP contribution < -0.4 is 5.73 Å². The summed E-state index contributed by atoms with van der Waals surface area (Å²) in [6, 6.07) is 6.65. The first-order valence-corrected chi connectivity index (χ1v) is 5.88. The summed E-state index contributed by atoms with van der Waals surface area (Å²) in [5.74, 6) is 0.774. The molecule has 1 aliphatic rings. The second-order valence-corrected chi connectivity index (χ2v) is 5.32. The van der Waals surface area contributed by atoms with Crippen LogP contribution in [0.2, 0.25) is 0 Å². The molecule has 0 heterocycles. The molecule has 2 rings (SSSR count). The maximum Gasteiger partial charge on any atom is 0.0414 e. The summed E-state index contributed by atoms with van der Waals surface area (Å²) in [4.78, 5) is 0. The predicted molar refractivity (Wildman–Crippen MR) is 64.8 cm³/mol. The van der Waals surface area contributed by atoms with Crippen molar-refractivity contribution in [2.45, 2.75) is 45.6 Å². The van der Waals surface area contributed by atoms with Gasteiger partial charge in [0.15, 0.2) is 0 Å². The fourth-order valence-electron chi connectivity index (χ4n) is 2.95. The maximum atomic E-state index is 6.52. The Balaban J connectivity index is 2.37. The Morgan fingerprint density at radius 2 is 2.07 bits per heavy atom. The molecular formula is C14H21N. The van der Waals surface area contributed by atoms with Crippen LogP contribution in [-0.2, 0) is 5.54 Å². The van der Waals surface area contributed by atoms with Crippen molar-refractivity contribution in [3.63, 3.8) is 0 Å². The average Bonchev–Trinajstić information content (AvgIpc) is 2.46. The summed E-state index contributed by atoms with van der Waals surface area (Å²) in [5.41, 5.74) is 10.5. The molecule has 0 aromatic heterocycles. The van der Waals surface area contributed by atoms with Gasteiger partial charge in [0.2, 0.25) is 0 Å². The van der Waals surface area contributed by atoms with Gasteiger partial charge in [0.25, 0.3) is 0 Å². The first kappa shape index (κ1) is 10.7. The van der Waals surface area contributed by atoms with E-state index in [0.29, 0.717) is 0 Å². The zero-order valence-electron chi connectivity index (χ0n) is 10.0. The third kappa shape index (κ3) is 1.93. The lowest BCUT2D eigenvalue weighted by atomic mass is 9.85. The van der Waals surface area contributed by atoms with Crippen LogP contribution in [0.15, 0.2) is 18.2 Å². The van der Waals surface area contributed by atoms with E-state index in [-0.39, 0.29) is 5.54 Å². The lowest BCUT2D eigenvalue weighted by molar-refractivity contribution is 0.438. The van der Waals surface area contributed by atoms with Crippen LogP contribution in [0.3, 0.4) is 0 Å². The predicted octanol–water partition coefficient (Wildman–Crippen LogP) is 3.28. The van der Waals surface area contributed by atoms with Gasteiger partial charge >= 0.3 is 0 Å².